The molecule has 2 rings (SSSR count). The van der Waals surface area contributed by atoms with Gasteiger partial charge >= 0.3 is 0 Å². The molecule has 0 fully saturated rings. The molecule has 0 spiro atoms. The number of nitro groups is 1. The maximum atomic E-state index is 12.0. The highest BCUT2D eigenvalue weighted by Crippen LogP contribution is 2.32. The molecule has 0 aliphatic rings. The van der Waals surface area contributed by atoms with Gasteiger partial charge in [-0.25, -0.2) is 0 Å². The quantitative estimate of drug-likeness (QED) is 0.477. The monoisotopic (exact) mass is 315 g/mol. The van der Waals surface area contributed by atoms with Crippen LogP contribution in [0.3, 0.4) is 0 Å². The number of rotatable bonds is 4. The van der Waals surface area contributed by atoms with E-state index in [0.717, 1.165) is 11.3 Å². The number of Topliss-reactive ketones (excluding diaryl/α,β-unsaturated/α-hetero) is 1. The van der Waals surface area contributed by atoms with Gasteiger partial charge in [-0.2, -0.15) is 0 Å². The summed E-state index contributed by atoms with van der Waals surface area (Å²) in [5, 5.41) is 10.5. The molecule has 1 heterocycles. The first-order chi connectivity index (χ1) is 8.97. The van der Waals surface area contributed by atoms with Gasteiger partial charge in [-0.05, 0) is 11.6 Å². The van der Waals surface area contributed by atoms with Crippen molar-refractivity contribution < 1.29 is 9.72 Å². The fourth-order valence-corrected chi connectivity index (χ4v) is 3.05. The second-order valence-electron chi connectivity index (χ2n) is 3.76. The van der Waals surface area contributed by atoms with Gasteiger partial charge in [0.25, 0.3) is 5.69 Å². The minimum Gasteiger partial charge on any atom is -0.294 e. The van der Waals surface area contributed by atoms with Crippen molar-refractivity contribution in [1.82, 2.24) is 0 Å². The van der Waals surface area contributed by atoms with E-state index in [4.69, 9.17) is 23.2 Å². The van der Waals surface area contributed by atoms with Crippen molar-refractivity contribution in [3.8, 4) is 0 Å². The Morgan fingerprint density at radius 1 is 1.26 bits per heavy atom. The third-order valence-electron chi connectivity index (χ3n) is 2.47. The molecule has 1 aromatic carbocycles. The van der Waals surface area contributed by atoms with Crippen molar-refractivity contribution in [3.63, 3.8) is 0 Å². The summed E-state index contributed by atoms with van der Waals surface area (Å²) < 4.78 is 0.814. The Hall–Kier alpha value is -1.43. The van der Waals surface area contributed by atoms with Gasteiger partial charge in [0.1, 0.15) is 4.34 Å². The van der Waals surface area contributed by atoms with Gasteiger partial charge in [0.05, 0.1) is 9.26 Å². The summed E-state index contributed by atoms with van der Waals surface area (Å²) in [6.45, 7) is 0. The Balaban J connectivity index is 2.15. The van der Waals surface area contributed by atoms with Gasteiger partial charge in [-0.15, -0.1) is 11.3 Å². The normalized spacial score (nSPS) is 10.4. The lowest BCUT2D eigenvalue weighted by Gasteiger charge is -2.00. The number of non-ortho nitro benzene ring substituents is 1. The minimum atomic E-state index is -0.485. The average molecular weight is 316 g/mol. The summed E-state index contributed by atoms with van der Waals surface area (Å²) in [5.41, 5.74) is 1.07. The van der Waals surface area contributed by atoms with Crippen molar-refractivity contribution in [2.24, 2.45) is 0 Å². The second-order valence-corrected chi connectivity index (χ2v) is 6.05. The lowest BCUT2D eigenvalue weighted by molar-refractivity contribution is -0.384. The van der Waals surface area contributed by atoms with Gasteiger partial charge in [0, 0.05) is 24.1 Å². The Morgan fingerprint density at radius 2 is 1.89 bits per heavy atom. The molecule has 0 amide bonds. The molecular weight excluding hydrogens is 309 g/mol. The van der Waals surface area contributed by atoms with E-state index in [-0.39, 0.29) is 17.9 Å². The first-order valence-electron chi connectivity index (χ1n) is 5.18. The zero-order valence-corrected chi connectivity index (χ0v) is 11.8. The molecule has 4 nitrogen and oxygen atoms in total. The fourth-order valence-electron chi connectivity index (χ4n) is 1.55. The van der Waals surface area contributed by atoms with E-state index in [9.17, 15) is 14.9 Å². The molecule has 98 valence electrons. The second kappa shape index (κ2) is 5.69. The van der Waals surface area contributed by atoms with Crippen LogP contribution in [-0.4, -0.2) is 10.7 Å². The Bertz CT molecular complexity index is 637. The highest BCUT2D eigenvalue weighted by atomic mass is 35.5. The number of hydrogen-bond acceptors (Lipinski definition) is 4. The molecular formula is C12H7Cl2NO3S. The van der Waals surface area contributed by atoms with E-state index in [1.807, 2.05) is 0 Å². The zero-order chi connectivity index (χ0) is 14.0. The molecule has 0 radical (unpaired) electrons. The van der Waals surface area contributed by atoms with Crippen molar-refractivity contribution >= 4 is 46.0 Å². The van der Waals surface area contributed by atoms with Crippen LogP contribution in [0.4, 0.5) is 5.69 Å². The lowest BCUT2D eigenvalue weighted by atomic mass is 10.1. The van der Waals surface area contributed by atoms with Crippen molar-refractivity contribution in [1.29, 1.82) is 0 Å². The number of halogens is 2. The van der Waals surface area contributed by atoms with Crippen LogP contribution in [0.2, 0.25) is 8.67 Å². The van der Waals surface area contributed by atoms with Crippen LogP contribution in [0.1, 0.15) is 15.9 Å². The molecule has 0 saturated heterocycles. The van der Waals surface area contributed by atoms with Crippen molar-refractivity contribution in [2.45, 2.75) is 6.42 Å². The minimum absolute atomic E-state index is 0.00666. The molecule has 0 saturated carbocycles. The number of ketones is 1. The predicted molar refractivity (Wildman–Crippen MR) is 75.5 cm³/mol. The van der Waals surface area contributed by atoms with Gasteiger partial charge in [0.2, 0.25) is 0 Å². The highest BCUT2D eigenvalue weighted by Gasteiger charge is 2.15. The molecule has 0 aliphatic carbocycles. The molecule has 2 aromatic rings. The van der Waals surface area contributed by atoms with E-state index < -0.39 is 4.92 Å². The van der Waals surface area contributed by atoms with Crippen molar-refractivity contribution in [2.75, 3.05) is 0 Å². The van der Waals surface area contributed by atoms with Gasteiger partial charge in [-0.1, -0.05) is 35.3 Å². The summed E-state index contributed by atoms with van der Waals surface area (Å²) in [4.78, 5) is 22.0. The van der Waals surface area contributed by atoms with Crippen LogP contribution in [0, 0.1) is 10.1 Å². The highest BCUT2D eigenvalue weighted by molar-refractivity contribution is 7.20. The van der Waals surface area contributed by atoms with Crippen LogP contribution < -0.4 is 0 Å². The Morgan fingerprint density at radius 3 is 2.37 bits per heavy atom. The zero-order valence-electron chi connectivity index (χ0n) is 9.43. The van der Waals surface area contributed by atoms with E-state index in [0.29, 0.717) is 19.8 Å². The summed E-state index contributed by atoms with van der Waals surface area (Å²) in [7, 11) is 0. The van der Waals surface area contributed by atoms with Crippen molar-refractivity contribution in [3.05, 3.63) is 60.2 Å². The standard InChI is InChI=1S/C12H7Cl2NO3S/c13-11-6-9(12(14)19-11)10(16)5-7-1-3-8(4-2-7)15(17)18/h1-4,6H,5H2. The van der Waals surface area contributed by atoms with E-state index >= 15 is 0 Å². The molecule has 7 heteroatoms. The average Bonchev–Trinajstić information content (AvgIpc) is 2.69. The fraction of sp³-hybridized carbons (Fsp3) is 0.0833. The molecule has 1 aromatic heterocycles. The number of nitrogens with zero attached hydrogens (tertiary/aromatic N) is 1. The molecule has 0 atom stereocenters. The maximum Gasteiger partial charge on any atom is 0.269 e. The molecule has 0 bridgehead atoms. The number of hydrogen-bond donors (Lipinski definition) is 0. The summed E-state index contributed by atoms with van der Waals surface area (Å²) >= 11 is 12.8. The third-order valence-corrected chi connectivity index (χ3v) is 3.96. The Kier molecular flexibility index (Phi) is 4.19. The summed E-state index contributed by atoms with van der Waals surface area (Å²) in [5.74, 6) is -0.165. The first-order valence-corrected chi connectivity index (χ1v) is 6.76. The van der Waals surface area contributed by atoms with E-state index in [1.54, 1.807) is 12.1 Å². The molecule has 19 heavy (non-hydrogen) atoms. The van der Waals surface area contributed by atoms with Crippen LogP contribution in [0.25, 0.3) is 0 Å². The lowest BCUT2D eigenvalue weighted by Crippen LogP contribution is -2.02. The molecule has 0 unspecified atom stereocenters. The molecule has 0 N–H and O–H groups in total. The first kappa shape index (κ1) is 14.0. The molecule has 0 aliphatic heterocycles. The largest absolute Gasteiger partial charge is 0.294 e. The van der Waals surface area contributed by atoms with Gasteiger partial charge in [-0.3, -0.25) is 14.9 Å². The van der Waals surface area contributed by atoms with E-state index in [2.05, 4.69) is 0 Å². The number of benzene rings is 1. The summed E-state index contributed by atoms with van der Waals surface area (Å²) in [6, 6.07) is 7.37. The Labute approximate surface area is 122 Å². The third kappa shape index (κ3) is 3.32. The predicted octanol–water partition coefficient (Wildman–Crippen LogP) is 4.39. The van der Waals surface area contributed by atoms with Crippen LogP contribution >= 0.6 is 34.5 Å². The van der Waals surface area contributed by atoms with Crippen LogP contribution in [0.15, 0.2) is 30.3 Å². The topological polar surface area (TPSA) is 60.2 Å². The number of carbonyl (C=O) groups is 1. The number of carbonyl (C=O) groups excluding carboxylic acids is 1. The van der Waals surface area contributed by atoms with Crippen LogP contribution in [-0.2, 0) is 6.42 Å². The smallest absolute Gasteiger partial charge is 0.269 e. The van der Waals surface area contributed by atoms with E-state index in [1.165, 1.54) is 18.2 Å². The van der Waals surface area contributed by atoms with Crippen LogP contribution in [0.5, 0.6) is 0 Å². The number of thiophene rings is 1. The summed E-state index contributed by atoms with van der Waals surface area (Å²) in [6.07, 6.45) is 0.130. The van der Waals surface area contributed by atoms with Gasteiger partial charge < -0.3 is 0 Å². The van der Waals surface area contributed by atoms with Gasteiger partial charge in [0.15, 0.2) is 5.78 Å². The maximum absolute atomic E-state index is 12.0. The SMILES string of the molecule is O=C(Cc1ccc([N+](=O)[O-])cc1)c1cc(Cl)sc1Cl. The number of nitro benzene ring substituents is 1.